The predicted octanol–water partition coefficient (Wildman–Crippen LogP) is 9.44. The molecular formula is C29H40F2O. The van der Waals surface area contributed by atoms with E-state index in [9.17, 15) is 8.78 Å². The fourth-order valence-corrected chi connectivity index (χ4v) is 4.98. The van der Waals surface area contributed by atoms with Gasteiger partial charge in [0.15, 0.2) is 11.6 Å². The molecule has 1 saturated carbocycles. The van der Waals surface area contributed by atoms with Gasteiger partial charge in [-0.3, -0.25) is 0 Å². The topological polar surface area (TPSA) is 9.23 Å². The van der Waals surface area contributed by atoms with Gasteiger partial charge in [-0.1, -0.05) is 83.1 Å². The average molecular weight is 443 g/mol. The van der Waals surface area contributed by atoms with Crippen LogP contribution in [0.5, 0.6) is 5.75 Å². The van der Waals surface area contributed by atoms with Gasteiger partial charge in [0, 0.05) is 5.56 Å². The molecule has 0 N–H and O–H groups in total. The Balaban J connectivity index is 1.57. The van der Waals surface area contributed by atoms with Gasteiger partial charge in [-0.25, -0.2) is 4.39 Å². The van der Waals surface area contributed by atoms with Gasteiger partial charge in [0.05, 0.1) is 6.61 Å². The minimum atomic E-state index is -0.886. The van der Waals surface area contributed by atoms with Crippen molar-refractivity contribution in [2.75, 3.05) is 6.61 Å². The lowest BCUT2D eigenvalue weighted by Crippen LogP contribution is -2.13. The average Bonchev–Trinajstić information content (AvgIpc) is 2.82. The number of unbranched alkanes of at least 4 members (excludes halogenated alkanes) is 5. The molecule has 1 fully saturated rings. The van der Waals surface area contributed by atoms with Crippen molar-refractivity contribution in [3.8, 4) is 16.9 Å². The summed E-state index contributed by atoms with van der Waals surface area (Å²) in [6.07, 6.45) is 14.7. The molecule has 3 rings (SSSR count). The highest BCUT2D eigenvalue weighted by molar-refractivity contribution is 5.65. The van der Waals surface area contributed by atoms with E-state index in [-0.39, 0.29) is 5.75 Å². The molecule has 0 heterocycles. The van der Waals surface area contributed by atoms with Crippen molar-refractivity contribution >= 4 is 0 Å². The number of benzene rings is 2. The van der Waals surface area contributed by atoms with Gasteiger partial charge in [-0.2, -0.15) is 4.39 Å². The number of ether oxygens (including phenoxy) is 1. The fraction of sp³-hybridized carbons (Fsp3) is 0.586. The summed E-state index contributed by atoms with van der Waals surface area (Å²) in [6, 6.07) is 11.3. The second kappa shape index (κ2) is 13.0. The Labute approximate surface area is 193 Å². The Kier molecular flexibility index (Phi) is 10.0. The van der Waals surface area contributed by atoms with Gasteiger partial charge in [-0.05, 0) is 67.2 Å². The Bertz CT molecular complexity index is 807. The largest absolute Gasteiger partial charge is 0.490 e. The third-order valence-corrected chi connectivity index (χ3v) is 7.06. The van der Waals surface area contributed by atoms with Crippen LogP contribution in [-0.4, -0.2) is 6.61 Å². The molecule has 2 aromatic rings. The van der Waals surface area contributed by atoms with E-state index in [1.807, 2.05) is 12.1 Å². The lowest BCUT2D eigenvalue weighted by molar-refractivity contribution is 0.285. The van der Waals surface area contributed by atoms with Gasteiger partial charge in [0.1, 0.15) is 0 Å². The zero-order valence-corrected chi connectivity index (χ0v) is 20.0. The summed E-state index contributed by atoms with van der Waals surface area (Å²) in [5, 5.41) is 0. The van der Waals surface area contributed by atoms with Gasteiger partial charge >= 0.3 is 0 Å². The van der Waals surface area contributed by atoms with Crippen molar-refractivity contribution in [2.45, 2.75) is 96.8 Å². The van der Waals surface area contributed by atoms with Crippen LogP contribution < -0.4 is 4.74 Å². The molecule has 0 atom stereocenters. The second-order valence-corrected chi connectivity index (χ2v) is 9.48. The molecular weight excluding hydrogens is 402 g/mol. The molecule has 1 nitrogen and oxygen atoms in total. The summed E-state index contributed by atoms with van der Waals surface area (Å²) in [7, 11) is 0. The zero-order chi connectivity index (χ0) is 22.8. The van der Waals surface area contributed by atoms with E-state index in [4.69, 9.17) is 4.74 Å². The zero-order valence-electron chi connectivity index (χ0n) is 20.0. The highest BCUT2D eigenvalue weighted by Gasteiger charge is 2.22. The van der Waals surface area contributed by atoms with Gasteiger partial charge < -0.3 is 4.74 Å². The minimum absolute atomic E-state index is 0.00932. The van der Waals surface area contributed by atoms with Gasteiger partial charge in [0.25, 0.3) is 0 Å². The summed E-state index contributed by atoms with van der Waals surface area (Å²) < 4.78 is 34.8. The van der Waals surface area contributed by atoms with Gasteiger partial charge in [-0.15, -0.1) is 0 Å². The molecule has 0 amide bonds. The van der Waals surface area contributed by atoms with Crippen LogP contribution in [0, 0.1) is 17.6 Å². The quantitative estimate of drug-likeness (QED) is 0.297. The third-order valence-electron chi connectivity index (χ3n) is 7.06. The summed E-state index contributed by atoms with van der Waals surface area (Å²) in [4.78, 5) is 0. The van der Waals surface area contributed by atoms with Crippen molar-refractivity contribution in [3.63, 3.8) is 0 Å². The lowest BCUT2D eigenvalue weighted by Gasteiger charge is -2.29. The van der Waals surface area contributed by atoms with Crippen molar-refractivity contribution in [2.24, 2.45) is 5.92 Å². The first-order chi connectivity index (χ1) is 15.6. The Morgan fingerprint density at radius 1 is 0.750 bits per heavy atom. The molecule has 1 aliphatic carbocycles. The van der Waals surface area contributed by atoms with E-state index in [1.54, 1.807) is 12.1 Å². The first-order valence-corrected chi connectivity index (χ1v) is 12.8. The first-order valence-electron chi connectivity index (χ1n) is 12.8. The van der Waals surface area contributed by atoms with Crippen LogP contribution in [0.3, 0.4) is 0 Å². The van der Waals surface area contributed by atoms with Crippen LogP contribution in [0.1, 0.15) is 102 Å². The predicted molar refractivity (Wildman–Crippen MR) is 130 cm³/mol. The molecule has 0 radical (unpaired) electrons. The van der Waals surface area contributed by atoms with Crippen molar-refractivity contribution in [1.82, 2.24) is 0 Å². The molecule has 32 heavy (non-hydrogen) atoms. The van der Waals surface area contributed by atoms with Crippen LogP contribution in [0.2, 0.25) is 0 Å². The van der Waals surface area contributed by atoms with Crippen LogP contribution in [0.15, 0.2) is 36.4 Å². The van der Waals surface area contributed by atoms with E-state index in [2.05, 4.69) is 26.0 Å². The standard InChI is InChI=1S/C29H40F2O/c1-3-5-7-9-21-32-27-20-19-26(28(30)29(27)31)25-17-15-24(16-18-25)23-13-11-22(12-14-23)10-8-6-4-2/h15-20,22-23H,3-14,21H2,1-2H3/t22-,23-. The Morgan fingerprint density at radius 2 is 1.44 bits per heavy atom. The normalized spacial score (nSPS) is 18.6. The molecule has 0 spiro atoms. The maximum Gasteiger partial charge on any atom is 0.201 e. The monoisotopic (exact) mass is 442 g/mol. The smallest absolute Gasteiger partial charge is 0.201 e. The molecule has 2 aromatic carbocycles. The summed E-state index contributed by atoms with van der Waals surface area (Å²) in [6.45, 7) is 4.82. The van der Waals surface area contributed by atoms with E-state index in [0.717, 1.165) is 31.6 Å². The van der Waals surface area contributed by atoms with Gasteiger partial charge in [0.2, 0.25) is 5.82 Å². The summed E-state index contributed by atoms with van der Waals surface area (Å²) >= 11 is 0. The molecule has 1 aliphatic rings. The van der Waals surface area contributed by atoms with E-state index >= 15 is 0 Å². The van der Waals surface area contributed by atoms with Crippen LogP contribution in [0.4, 0.5) is 8.78 Å². The fourth-order valence-electron chi connectivity index (χ4n) is 4.98. The highest BCUT2D eigenvalue weighted by atomic mass is 19.2. The van der Waals surface area contributed by atoms with Crippen LogP contribution >= 0.6 is 0 Å². The summed E-state index contributed by atoms with van der Waals surface area (Å²) in [5.74, 6) is -0.215. The highest BCUT2D eigenvalue weighted by Crippen LogP contribution is 2.38. The molecule has 176 valence electrons. The number of hydrogen-bond acceptors (Lipinski definition) is 1. The maximum atomic E-state index is 14.7. The second-order valence-electron chi connectivity index (χ2n) is 9.48. The number of hydrogen-bond donors (Lipinski definition) is 0. The number of halogens is 2. The molecule has 0 aromatic heterocycles. The van der Waals surface area contributed by atoms with Crippen molar-refractivity contribution in [3.05, 3.63) is 53.6 Å². The molecule has 0 aliphatic heterocycles. The molecule has 0 unspecified atom stereocenters. The Morgan fingerprint density at radius 3 is 2.12 bits per heavy atom. The maximum absolute atomic E-state index is 14.7. The van der Waals surface area contributed by atoms with Crippen molar-refractivity contribution < 1.29 is 13.5 Å². The number of rotatable bonds is 12. The third kappa shape index (κ3) is 6.80. The van der Waals surface area contributed by atoms with Crippen LogP contribution in [0.25, 0.3) is 11.1 Å². The van der Waals surface area contributed by atoms with E-state index in [1.165, 1.54) is 56.9 Å². The van der Waals surface area contributed by atoms with E-state index in [0.29, 0.717) is 23.7 Å². The first kappa shape index (κ1) is 24.7. The minimum Gasteiger partial charge on any atom is -0.490 e. The van der Waals surface area contributed by atoms with Crippen molar-refractivity contribution in [1.29, 1.82) is 0 Å². The Hall–Kier alpha value is -1.90. The lowest BCUT2D eigenvalue weighted by atomic mass is 9.77. The molecule has 3 heteroatoms. The van der Waals surface area contributed by atoms with E-state index < -0.39 is 11.6 Å². The molecule has 0 saturated heterocycles. The van der Waals surface area contributed by atoms with Crippen LogP contribution in [-0.2, 0) is 0 Å². The molecule has 0 bridgehead atoms. The SMILES string of the molecule is CCCCCCOc1ccc(-c2ccc([C@H]3CC[C@H](CCCCC)CC3)cc2)c(F)c1F. The summed E-state index contributed by atoms with van der Waals surface area (Å²) in [5.41, 5.74) is 2.34.